The van der Waals surface area contributed by atoms with Gasteiger partial charge in [-0.15, -0.1) is 0 Å². The molecule has 2 unspecified atom stereocenters. The first-order valence-electron chi connectivity index (χ1n) is 5.17. The van der Waals surface area contributed by atoms with E-state index in [1.54, 1.807) is 7.11 Å². The monoisotopic (exact) mass is 200 g/mol. The summed E-state index contributed by atoms with van der Waals surface area (Å²) in [4.78, 5) is 13.8. The molecule has 0 aliphatic carbocycles. The number of hydrogen-bond acceptors (Lipinski definition) is 3. The highest BCUT2D eigenvalue weighted by Gasteiger charge is 2.27. The van der Waals surface area contributed by atoms with Crippen LogP contribution in [0.25, 0.3) is 0 Å². The standard InChI is InChI=1S/C10H20N2O2/c1-8-6-11-7-9(2)12(8)10(13)4-5-14-3/h8-9,11H,4-7H2,1-3H3. The third-order valence-corrected chi connectivity index (χ3v) is 2.64. The van der Waals surface area contributed by atoms with Gasteiger partial charge in [-0.3, -0.25) is 4.79 Å². The van der Waals surface area contributed by atoms with Gasteiger partial charge in [0, 0.05) is 32.3 Å². The summed E-state index contributed by atoms with van der Waals surface area (Å²) in [7, 11) is 1.62. The van der Waals surface area contributed by atoms with Crippen LogP contribution < -0.4 is 5.32 Å². The van der Waals surface area contributed by atoms with Crippen LogP contribution in [0.5, 0.6) is 0 Å². The number of piperazine rings is 1. The molecule has 0 radical (unpaired) electrons. The number of carbonyl (C=O) groups excluding carboxylic acids is 1. The molecule has 14 heavy (non-hydrogen) atoms. The number of hydrogen-bond donors (Lipinski definition) is 1. The molecule has 1 fully saturated rings. The molecule has 0 aromatic carbocycles. The van der Waals surface area contributed by atoms with Crippen LogP contribution in [0.3, 0.4) is 0 Å². The molecule has 4 nitrogen and oxygen atoms in total. The Kier molecular flexibility index (Phi) is 4.35. The fraction of sp³-hybridized carbons (Fsp3) is 0.900. The van der Waals surface area contributed by atoms with Gasteiger partial charge in [0.2, 0.25) is 5.91 Å². The van der Waals surface area contributed by atoms with E-state index in [2.05, 4.69) is 19.2 Å². The van der Waals surface area contributed by atoms with Gasteiger partial charge < -0.3 is 15.0 Å². The summed E-state index contributed by atoms with van der Waals surface area (Å²) in [5, 5.41) is 3.30. The molecule has 1 N–H and O–H groups in total. The van der Waals surface area contributed by atoms with E-state index in [1.165, 1.54) is 0 Å². The zero-order valence-electron chi connectivity index (χ0n) is 9.25. The van der Waals surface area contributed by atoms with E-state index in [0.717, 1.165) is 13.1 Å². The molecule has 1 heterocycles. The summed E-state index contributed by atoms with van der Waals surface area (Å²) in [6, 6.07) is 0.589. The average Bonchev–Trinajstić information content (AvgIpc) is 2.14. The fourth-order valence-electron chi connectivity index (χ4n) is 1.94. The Bertz CT molecular complexity index is 187. The van der Waals surface area contributed by atoms with Crippen LogP contribution >= 0.6 is 0 Å². The molecule has 82 valence electrons. The molecule has 0 aromatic rings. The second-order valence-electron chi connectivity index (χ2n) is 3.90. The summed E-state index contributed by atoms with van der Waals surface area (Å²) in [5.41, 5.74) is 0. The first kappa shape index (κ1) is 11.5. The van der Waals surface area contributed by atoms with Crippen molar-refractivity contribution in [2.45, 2.75) is 32.4 Å². The Morgan fingerprint density at radius 1 is 1.43 bits per heavy atom. The molecule has 0 bridgehead atoms. The maximum atomic E-state index is 11.8. The van der Waals surface area contributed by atoms with Gasteiger partial charge in [-0.25, -0.2) is 0 Å². The van der Waals surface area contributed by atoms with Gasteiger partial charge in [0.1, 0.15) is 0 Å². The molecule has 0 spiro atoms. The smallest absolute Gasteiger partial charge is 0.225 e. The summed E-state index contributed by atoms with van der Waals surface area (Å²) in [6.07, 6.45) is 0.491. The number of nitrogens with zero attached hydrogens (tertiary/aromatic N) is 1. The van der Waals surface area contributed by atoms with Crippen molar-refractivity contribution in [3.05, 3.63) is 0 Å². The Hall–Kier alpha value is -0.610. The van der Waals surface area contributed by atoms with E-state index < -0.39 is 0 Å². The quantitative estimate of drug-likeness (QED) is 0.709. The highest BCUT2D eigenvalue weighted by Crippen LogP contribution is 2.11. The van der Waals surface area contributed by atoms with Crippen molar-refractivity contribution in [2.75, 3.05) is 26.8 Å². The van der Waals surface area contributed by atoms with Crippen LogP contribution in [0.1, 0.15) is 20.3 Å². The lowest BCUT2D eigenvalue weighted by atomic mass is 10.1. The molecule has 1 saturated heterocycles. The van der Waals surface area contributed by atoms with Crippen LogP contribution in [0.2, 0.25) is 0 Å². The van der Waals surface area contributed by atoms with Crippen LogP contribution in [-0.2, 0) is 9.53 Å². The minimum Gasteiger partial charge on any atom is -0.384 e. The minimum atomic E-state index is 0.202. The molecule has 0 aromatic heterocycles. The summed E-state index contributed by atoms with van der Waals surface area (Å²) in [6.45, 7) is 6.45. The first-order chi connectivity index (χ1) is 6.66. The summed E-state index contributed by atoms with van der Waals surface area (Å²) < 4.78 is 4.91. The highest BCUT2D eigenvalue weighted by molar-refractivity contribution is 5.77. The first-order valence-corrected chi connectivity index (χ1v) is 5.17. The predicted molar refractivity (Wildman–Crippen MR) is 55.1 cm³/mol. The van der Waals surface area contributed by atoms with Crippen molar-refractivity contribution in [3.63, 3.8) is 0 Å². The lowest BCUT2D eigenvalue weighted by Gasteiger charge is -2.39. The third-order valence-electron chi connectivity index (χ3n) is 2.64. The molecule has 2 atom stereocenters. The van der Waals surface area contributed by atoms with E-state index in [1.807, 2.05) is 4.90 Å². The molecule has 1 aliphatic rings. The Morgan fingerprint density at radius 2 is 2.00 bits per heavy atom. The van der Waals surface area contributed by atoms with Crippen molar-refractivity contribution in [2.24, 2.45) is 0 Å². The van der Waals surface area contributed by atoms with E-state index in [9.17, 15) is 4.79 Å². The van der Waals surface area contributed by atoms with Gasteiger partial charge in [-0.05, 0) is 13.8 Å². The Labute approximate surface area is 85.6 Å². The zero-order chi connectivity index (χ0) is 10.6. The minimum absolute atomic E-state index is 0.202. The van der Waals surface area contributed by atoms with Gasteiger partial charge in [0.05, 0.1) is 13.0 Å². The molecule has 1 aliphatic heterocycles. The van der Waals surface area contributed by atoms with Gasteiger partial charge in [0.15, 0.2) is 0 Å². The second kappa shape index (κ2) is 5.32. The molecule has 4 heteroatoms. The highest BCUT2D eigenvalue weighted by atomic mass is 16.5. The number of nitrogens with one attached hydrogen (secondary N) is 1. The number of rotatable bonds is 3. The molecule has 0 saturated carbocycles. The van der Waals surface area contributed by atoms with Crippen molar-refractivity contribution >= 4 is 5.91 Å². The number of ether oxygens (including phenoxy) is 1. The third kappa shape index (κ3) is 2.69. The van der Waals surface area contributed by atoms with Gasteiger partial charge in [-0.1, -0.05) is 0 Å². The maximum Gasteiger partial charge on any atom is 0.225 e. The van der Waals surface area contributed by atoms with Gasteiger partial charge in [-0.2, -0.15) is 0 Å². The van der Waals surface area contributed by atoms with Crippen LogP contribution in [0.4, 0.5) is 0 Å². The van der Waals surface area contributed by atoms with Crippen LogP contribution in [0.15, 0.2) is 0 Å². The van der Waals surface area contributed by atoms with Gasteiger partial charge in [0.25, 0.3) is 0 Å². The van der Waals surface area contributed by atoms with E-state index in [-0.39, 0.29) is 5.91 Å². The summed E-state index contributed by atoms with van der Waals surface area (Å²) in [5.74, 6) is 0.202. The van der Waals surface area contributed by atoms with Crippen molar-refractivity contribution in [1.29, 1.82) is 0 Å². The lowest BCUT2D eigenvalue weighted by molar-refractivity contribution is -0.137. The average molecular weight is 200 g/mol. The lowest BCUT2D eigenvalue weighted by Crippen LogP contribution is -2.57. The van der Waals surface area contributed by atoms with Crippen molar-refractivity contribution < 1.29 is 9.53 Å². The molecular weight excluding hydrogens is 180 g/mol. The normalized spacial score (nSPS) is 27.8. The zero-order valence-corrected chi connectivity index (χ0v) is 9.25. The molecule has 1 amide bonds. The number of methoxy groups -OCH3 is 1. The van der Waals surface area contributed by atoms with Crippen LogP contribution in [-0.4, -0.2) is 49.7 Å². The maximum absolute atomic E-state index is 11.8. The molecular formula is C10H20N2O2. The second-order valence-corrected chi connectivity index (χ2v) is 3.90. The Balaban J connectivity index is 2.49. The Morgan fingerprint density at radius 3 is 2.50 bits per heavy atom. The van der Waals surface area contributed by atoms with Crippen LogP contribution in [0, 0.1) is 0 Å². The van der Waals surface area contributed by atoms with E-state index >= 15 is 0 Å². The predicted octanol–water partition coefficient (Wildman–Crippen LogP) is 0.232. The molecule has 1 rings (SSSR count). The van der Waals surface area contributed by atoms with E-state index in [0.29, 0.717) is 25.1 Å². The van der Waals surface area contributed by atoms with Crippen molar-refractivity contribution in [1.82, 2.24) is 10.2 Å². The summed E-state index contributed by atoms with van der Waals surface area (Å²) >= 11 is 0. The SMILES string of the molecule is COCCC(=O)N1C(C)CNCC1C. The topological polar surface area (TPSA) is 41.6 Å². The number of amides is 1. The van der Waals surface area contributed by atoms with E-state index in [4.69, 9.17) is 4.74 Å². The van der Waals surface area contributed by atoms with Gasteiger partial charge >= 0.3 is 0 Å². The number of carbonyl (C=O) groups is 1. The van der Waals surface area contributed by atoms with Crippen molar-refractivity contribution in [3.8, 4) is 0 Å². The largest absolute Gasteiger partial charge is 0.384 e. The fourth-order valence-corrected chi connectivity index (χ4v) is 1.94.